The SMILES string of the molecule is C=CC[C@H](O)[C@H](O)[C@H](O)CO. The topological polar surface area (TPSA) is 80.9 Å². The molecule has 0 radical (unpaired) electrons. The van der Waals surface area contributed by atoms with Crippen LogP contribution in [-0.4, -0.2) is 45.3 Å². The van der Waals surface area contributed by atoms with Crippen molar-refractivity contribution in [1.82, 2.24) is 0 Å². The maximum absolute atomic E-state index is 9.03. The standard InChI is InChI=1S/C7H14O4/c1-2-3-5(9)7(11)6(10)4-8/h2,5-11H,1,3-4H2/t5-,6+,7-/m0/s1. The quantitative estimate of drug-likeness (QED) is 0.376. The molecule has 0 amide bonds. The van der Waals surface area contributed by atoms with Gasteiger partial charge in [-0.25, -0.2) is 0 Å². The van der Waals surface area contributed by atoms with Gasteiger partial charge in [0.25, 0.3) is 0 Å². The van der Waals surface area contributed by atoms with Crippen LogP contribution < -0.4 is 0 Å². The number of hydrogen-bond donors (Lipinski definition) is 4. The van der Waals surface area contributed by atoms with Gasteiger partial charge in [-0.2, -0.15) is 0 Å². The zero-order chi connectivity index (χ0) is 8.85. The molecule has 0 aromatic carbocycles. The fourth-order valence-corrected chi connectivity index (χ4v) is 0.675. The molecule has 4 nitrogen and oxygen atoms in total. The van der Waals surface area contributed by atoms with Crippen LogP contribution in [0.2, 0.25) is 0 Å². The molecule has 0 aromatic rings. The Kier molecular flexibility index (Phi) is 5.06. The Morgan fingerprint density at radius 2 is 1.73 bits per heavy atom. The molecule has 0 saturated carbocycles. The van der Waals surface area contributed by atoms with Crippen LogP contribution in [0.1, 0.15) is 6.42 Å². The molecule has 0 aliphatic heterocycles. The van der Waals surface area contributed by atoms with E-state index in [-0.39, 0.29) is 6.42 Å². The molecule has 0 rings (SSSR count). The molecule has 3 atom stereocenters. The first-order chi connectivity index (χ1) is 5.13. The van der Waals surface area contributed by atoms with Crippen LogP contribution in [0, 0.1) is 0 Å². The summed E-state index contributed by atoms with van der Waals surface area (Å²) >= 11 is 0. The van der Waals surface area contributed by atoms with Crippen molar-refractivity contribution in [2.45, 2.75) is 24.7 Å². The highest BCUT2D eigenvalue weighted by Gasteiger charge is 2.22. The molecule has 0 aliphatic carbocycles. The number of rotatable bonds is 5. The lowest BCUT2D eigenvalue weighted by molar-refractivity contribution is -0.0747. The Hall–Kier alpha value is -0.420. The van der Waals surface area contributed by atoms with E-state index in [1.165, 1.54) is 6.08 Å². The van der Waals surface area contributed by atoms with Crippen LogP contribution in [0.4, 0.5) is 0 Å². The van der Waals surface area contributed by atoms with E-state index in [4.69, 9.17) is 20.4 Å². The molecule has 0 spiro atoms. The molecule has 0 aliphatic rings. The molecule has 4 N–H and O–H groups in total. The molecular formula is C7H14O4. The summed E-state index contributed by atoms with van der Waals surface area (Å²) in [7, 11) is 0. The van der Waals surface area contributed by atoms with Gasteiger partial charge in [-0.05, 0) is 6.42 Å². The highest BCUT2D eigenvalue weighted by atomic mass is 16.4. The molecule has 11 heavy (non-hydrogen) atoms. The normalized spacial score (nSPS) is 18.9. The number of aliphatic hydroxyl groups excluding tert-OH is 4. The lowest BCUT2D eigenvalue weighted by Gasteiger charge is -2.19. The second-order valence-electron chi connectivity index (χ2n) is 2.33. The Balaban J connectivity index is 3.79. The van der Waals surface area contributed by atoms with Gasteiger partial charge in [-0.1, -0.05) is 6.08 Å². The minimum atomic E-state index is -1.31. The Morgan fingerprint density at radius 3 is 2.09 bits per heavy atom. The van der Waals surface area contributed by atoms with Gasteiger partial charge in [0.05, 0.1) is 12.7 Å². The summed E-state index contributed by atoms with van der Waals surface area (Å²) in [6.45, 7) is 2.79. The van der Waals surface area contributed by atoms with Crippen molar-refractivity contribution >= 4 is 0 Å². The van der Waals surface area contributed by atoms with Gasteiger partial charge in [0.1, 0.15) is 12.2 Å². The summed E-state index contributed by atoms with van der Waals surface area (Å²) in [5, 5.41) is 35.2. The van der Waals surface area contributed by atoms with Gasteiger partial charge >= 0.3 is 0 Å². The predicted molar refractivity (Wildman–Crippen MR) is 39.9 cm³/mol. The molecule has 0 unspecified atom stereocenters. The largest absolute Gasteiger partial charge is 0.394 e. The van der Waals surface area contributed by atoms with E-state index >= 15 is 0 Å². The Morgan fingerprint density at radius 1 is 1.18 bits per heavy atom. The maximum atomic E-state index is 9.03. The van der Waals surface area contributed by atoms with E-state index in [2.05, 4.69) is 6.58 Å². The summed E-state index contributed by atoms with van der Waals surface area (Å²) in [6.07, 6.45) is -2.03. The summed E-state index contributed by atoms with van der Waals surface area (Å²) in [4.78, 5) is 0. The van der Waals surface area contributed by atoms with Crippen molar-refractivity contribution in [1.29, 1.82) is 0 Å². The van der Waals surface area contributed by atoms with E-state index in [0.717, 1.165) is 0 Å². The zero-order valence-corrected chi connectivity index (χ0v) is 6.22. The van der Waals surface area contributed by atoms with E-state index in [1.807, 2.05) is 0 Å². The maximum Gasteiger partial charge on any atom is 0.108 e. The van der Waals surface area contributed by atoms with Crippen molar-refractivity contribution in [2.75, 3.05) is 6.61 Å². The highest BCUT2D eigenvalue weighted by Crippen LogP contribution is 2.03. The minimum absolute atomic E-state index is 0.193. The summed E-state index contributed by atoms with van der Waals surface area (Å²) in [5.74, 6) is 0. The van der Waals surface area contributed by atoms with Crippen LogP contribution >= 0.6 is 0 Å². The monoisotopic (exact) mass is 162 g/mol. The first kappa shape index (κ1) is 10.6. The van der Waals surface area contributed by atoms with Gasteiger partial charge in [0, 0.05) is 0 Å². The van der Waals surface area contributed by atoms with Gasteiger partial charge in [0.2, 0.25) is 0 Å². The first-order valence-corrected chi connectivity index (χ1v) is 3.39. The second-order valence-corrected chi connectivity index (χ2v) is 2.33. The predicted octanol–water partition coefficient (Wildman–Crippen LogP) is -1.36. The fraction of sp³-hybridized carbons (Fsp3) is 0.714. The van der Waals surface area contributed by atoms with Gasteiger partial charge < -0.3 is 20.4 Å². The Labute approximate surface area is 65.4 Å². The fourth-order valence-electron chi connectivity index (χ4n) is 0.675. The van der Waals surface area contributed by atoms with Crippen molar-refractivity contribution in [3.63, 3.8) is 0 Å². The Bertz CT molecular complexity index is 115. The van der Waals surface area contributed by atoms with Crippen LogP contribution in [0.25, 0.3) is 0 Å². The van der Waals surface area contributed by atoms with Crippen LogP contribution in [0.15, 0.2) is 12.7 Å². The smallest absolute Gasteiger partial charge is 0.108 e. The third-order valence-corrected chi connectivity index (χ3v) is 1.38. The lowest BCUT2D eigenvalue weighted by Crippen LogP contribution is -2.39. The molecule has 4 heteroatoms. The van der Waals surface area contributed by atoms with Crippen LogP contribution in [-0.2, 0) is 0 Å². The van der Waals surface area contributed by atoms with E-state index in [0.29, 0.717) is 0 Å². The van der Waals surface area contributed by atoms with E-state index in [1.54, 1.807) is 0 Å². The zero-order valence-electron chi connectivity index (χ0n) is 6.22. The van der Waals surface area contributed by atoms with E-state index in [9.17, 15) is 0 Å². The highest BCUT2D eigenvalue weighted by molar-refractivity contribution is 4.81. The third kappa shape index (κ3) is 3.48. The van der Waals surface area contributed by atoms with Gasteiger partial charge in [0.15, 0.2) is 0 Å². The van der Waals surface area contributed by atoms with Gasteiger partial charge in [-0.15, -0.1) is 6.58 Å². The van der Waals surface area contributed by atoms with Crippen molar-refractivity contribution in [2.24, 2.45) is 0 Å². The van der Waals surface area contributed by atoms with Crippen LogP contribution in [0.3, 0.4) is 0 Å². The summed E-state index contributed by atoms with van der Waals surface area (Å²) in [6, 6.07) is 0. The molecule has 0 bridgehead atoms. The number of hydrogen-bond acceptors (Lipinski definition) is 4. The molecule has 66 valence electrons. The summed E-state index contributed by atoms with van der Waals surface area (Å²) < 4.78 is 0. The van der Waals surface area contributed by atoms with Crippen LogP contribution in [0.5, 0.6) is 0 Å². The number of aliphatic hydroxyl groups is 4. The van der Waals surface area contributed by atoms with Crippen molar-refractivity contribution < 1.29 is 20.4 Å². The summed E-state index contributed by atoms with van der Waals surface area (Å²) in [5.41, 5.74) is 0. The molecule has 0 aromatic heterocycles. The van der Waals surface area contributed by atoms with Crippen molar-refractivity contribution in [3.05, 3.63) is 12.7 Å². The average molecular weight is 162 g/mol. The minimum Gasteiger partial charge on any atom is -0.394 e. The molecule has 0 heterocycles. The molecule has 0 fully saturated rings. The van der Waals surface area contributed by atoms with Gasteiger partial charge in [-0.3, -0.25) is 0 Å². The third-order valence-electron chi connectivity index (χ3n) is 1.38. The molecule has 0 saturated heterocycles. The first-order valence-electron chi connectivity index (χ1n) is 3.39. The average Bonchev–Trinajstić information content (AvgIpc) is 2.02. The van der Waals surface area contributed by atoms with Crippen molar-refractivity contribution in [3.8, 4) is 0 Å². The lowest BCUT2D eigenvalue weighted by atomic mass is 10.1. The van der Waals surface area contributed by atoms with E-state index < -0.39 is 24.9 Å². The molecular weight excluding hydrogens is 148 g/mol. The second kappa shape index (κ2) is 5.26.